The van der Waals surface area contributed by atoms with Gasteiger partial charge < -0.3 is 21.3 Å². The summed E-state index contributed by atoms with van der Waals surface area (Å²) in [6.45, 7) is 6.91. The third-order valence-corrected chi connectivity index (χ3v) is 4.51. The molecule has 1 fully saturated rings. The molecule has 0 saturated carbocycles. The third kappa shape index (κ3) is 4.96. The Balaban J connectivity index is 1.85. The number of carbonyl (C=O) groups is 2. The second-order valence-corrected chi connectivity index (χ2v) is 6.83. The van der Waals surface area contributed by atoms with Crippen LogP contribution in [0, 0.1) is 5.41 Å². The van der Waals surface area contributed by atoms with Crippen LogP contribution in [0.25, 0.3) is 0 Å². The number of carbonyl (C=O) groups excluding carboxylic acids is 2. The van der Waals surface area contributed by atoms with Crippen molar-refractivity contribution in [1.29, 1.82) is 0 Å². The first kappa shape index (κ1) is 18.3. The minimum atomic E-state index is -0.209. The Morgan fingerprint density at radius 1 is 1.29 bits per heavy atom. The van der Waals surface area contributed by atoms with Crippen molar-refractivity contribution in [3.05, 3.63) is 29.8 Å². The number of anilines is 1. The van der Waals surface area contributed by atoms with Crippen molar-refractivity contribution < 1.29 is 9.59 Å². The van der Waals surface area contributed by atoms with Gasteiger partial charge in [-0.1, -0.05) is 26.0 Å². The van der Waals surface area contributed by atoms with E-state index in [0.717, 1.165) is 37.2 Å². The summed E-state index contributed by atoms with van der Waals surface area (Å²) in [5, 5.41) is 5.53. The summed E-state index contributed by atoms with van der Waals surface area (Å²) < 4.78 is 0. The summed E-state index contributed by atoms with van der Waals surface area (Å²) in [4.78, 5) is 25.9. The van der Waals surface area contributed by atoms with Crippen LogP contribution in [0.1, 0.15) is 32.3 Å². The SMILES string of the molecule is CCCNC(=O)Nc1ccc(CC(=O)N2CCC(C)(CN)C2)cc1. The number of hydrogen-bond donors (Lipinski definition) is 3. The number of nitrogens with two attached hydrogens (primary N) is 1. The molecule has 3 amide bonds. The number of hydrogen-bond acceptors (Lipinski definition) is 3. The molecule has 1 aromatic carbocycles. The van der Waals surface area contributed by atoms with Crippen molar-refractivity contribution in [1.82, 2.24) is 10.2 Å². The molecule has 1 aliphatic rings. The average Bonchev–Trinajstić information content (AvgIpc) is 2.98. The van der Waals surface area contributed by atoms with Crippen LogP contribution in [0.15, 0.2) is 24.3 Å². The van der Waals surface area contributed by atoms with E-state index in [1.54, 1.807) is 0 Å². The number of likely N-dealkylation sites (tertiary alicyclic amines) is 1. The van der Waals surface area contributed by atoms with E-state index in [-0.39, 0.29) is 17.4 Å². The van der Waals surface area contributed by atoms with Gasteiger partial charge in [-0.15, -0.1) is 0 Å². The fourth-order valence-corrected chi connectivity index (χ4v) is 2.81. The molecular weight excluding hydrogens is 304 g/mol. The van der Waals surface area contributed by atoms with Crippen LogP contribution in [0.3, 0.4) is 0 Å². The highest BCUT2D eigenvalue weighted by atomic mass is 16.2. The maximum atomic E-state index is 12.4. The normalized spacial score (nSPS) is 20.0. The predicted octanol–water partition coefficient (Wildman–Crippen LogP) is 1.96. The van der Waals surface area contributed by atoms with Gasteiger partial charge in [0.1, 0.15) is 0 Å². The minimum Gasteiger partial charge on any atom is -0.342 e. The van der Waals surface area contributed by atoms with E-state index in [0.29, 0.717) is 19.5 Å². The van der Waals surface area contributed by atoms with Gasteiger partial charge in [0.2, 0.25) is 5.91 Å². The maximum Gasteiger partial charge on any atom is 0.319 e. The van der Waals surface area contributed by atoms with Crippen LogP contribution in [0.5, 0.6) is 0 Å². The predicted molar refractivity (Wildman–Crippen MR) is 95.8 cm³/mol. The highest BCUT2D eigenvalue weighted by Crippen LogP contribution is 2.28. The first-order valence-corrected chi connectivity index (χ1v) is 8.57. The van der Waals surface area contributed by atoms with E-state index in [1.165, 1.54) is 0 Å². The van der Waals surface area contributed by atoms with Crippen LogP contribution in [-0.4, -0.2) is 43.0 Å². The van der Waals surface area contributed by atoms with Crippen molar-refractivity contribution in [3.63, 3.8) is 0 Å². The number of amides is 3. The molecule has 24 heavy (non-hydrogen) atoms. The Labute approximate surface area is 143 Å². The number of rotatable bonds is 6. The molecule has 132 valence electrons. The lowest BCUT2D eigenvalue weighted by Crippen LogP contribution is -2.35. The zero-order valence-corrected chi connectivity index (χ0v) is 14.6. The Bertz CT molecular complexity index is 573. The largest absolute Gasteiger partial charge is 0.342 e. The molecule has 6 heteroatoms. The molecule has 6 nitrogen and oxygen atoms in total. The highest BCUT2D eigenvalue weighted by molar-refractivity contribution is 5.89. The number of urea groups is 1. The number of nitrogens with one attached hydrogen (secondary N) is 2. The molecule has 0 bridgehead atoms. The van der Waals surface area contributed by atoms with Crippen molar-refractivity contribution in [2.24, 2.45) is 11.1 Å². The molecule has 1 aromatic rings. The molecule has 0 aliphatic carbocycles. The van der Waals surface area contributed by atoms with Crippen LogP contribution in [-0.2, 0) is 11.2 Å². The van der Waals surface area contributed by atoms with Crippen LogP contribution in [0.2, 0.25) is 0 Å². The Morgan fingerprint density at radius 2 is 2.00 bits per heavy atom. The lowest BCUT2D eigenvalue weighted by atomic mass is 9.90. The van der Waals surface area contributed by atoms with Crippen LogP contribution in [0.4, 0.5) is 10.5 Å². The topological polar surface area (TPSA) is 87.5 Å². The second-order valence-electron chi connectivity index (χ2n) is 6.83. The molecule has 0 radical (unpaired) electrons. The smallest absolute Gasteiger partial charge is 0.319 e. The van der Waals surface area contributed by atoms with E-state index in [2.05, 4.69) is 17.6 Å². The van der Waals surface area contributed by atoms with Gasteiger partial charge in [0.15, 0.2) is 0 Å². The van der Waals surface area contributed by atoms with Gasteiger partial charge in [-0.05, 0) is 42.5 Å². The second kappa shape index (κ2) is 8.15. The molecule has 1 heterocycles. The van der Waals surface area contributed by atoms with Gasteiger partial charge in [0, 0.05) is 25.3 Å². The van der Waals surface area contributed by atoms with Crippen molar-refractivity contribution in [3.8, 4) is 0 Å². The summed E-state index contributed by atoms with van der Waals surface area (Å²) in [6, 6.07) is 7.19. The van der Waals surface area contributed by atoms with Crippen LogP contribution < -0.4 is 16.4 Å². The minimum absolute atomic E-state index is 0.0509. The summed E-state index contributed by atoms with van der Waals surface area (Å²) in [7, 11) is 0. The molecular formula is C18H28N4O2. The summed E-state index contributed by atoms with van der Waals surface area (Å²) in [6.07, 6.45) is 2.24. The Kier molecular flexibility index (Phi) is 6.20. The van der Waals surface area contributed by atoms with E-state index in [4.69, 9.17) is 5.73 Å². The molecule has 1 atom stereocenters. The van der Waals surface area contributed by atoms with Crippen LogP contribution >= 0.6 is 0 Å². The standard InChI is InChI=1S/C18H28N4O2/c1-3-9-20-17(24)21-15-6-4-14(5-7-15)11-16(23)22-10-8-18(2,12-19)13-22/h4-7H,3,8-13,19H2,1-2H3,(H2,20,21,24). The number of benzene rings is 1. The van der Waals surface area contributed by atoms with Gasteiger partial charge in [0.25, 0.3) is 0 Å². The Morgan fingerprint density at radius 3 is 2.58 bits per heavy atom. The Hall–Kier alpha value is -2.08. The fourth-order valence-electron chi connectivity index (χ4n) is 2.81. The first-order chi connectivity index (χ1) is 11.5. The van der Waals surface area contributed by atoms with E-state index in [9.17, 15) is 9.59 Å². The van der Waals surface area contributed by atoms with Crippen molar-refractivity contribution >= 4 is 17.6 Å². The summed E-state index contributed by atoms with van der Waals surface area (Å²) >= 11 is 0. The zero-order valence-electron chi connectivity index (χ0n) is 14.6. The lowest BCUT2D eigenvalue weighted by molar-refractivity contribution is -0.129. The van der Waals surface area contributed by atoms with E-state index >= 15 is 0 Å². The molecule has 0 aromatic heterocycles. The monoisotopic (exact) mass is 332 g/mol. The molecule has 0 spiro atoms. The highest BCUT2D eigenvalue weighted by Gasteiger charge is 2.34. The van der Waals surface area contributed by atoms with Crippen molar-refractivity contribution in [2.45, 2.75) is 33.1 Å². The summed E-state index contributed by atoms with van der Waals surface area (Å²) in [5.41, 5.74) is 7.51. The summed E-state index contributed by atoms with van der Waals surface area (Å²) in [5.74, 6) is 0.133. The lowest BCUT2D eigenvalue weighted by Gasteiger charge is -2.22. The number of nitrogens with zero attached hydrogens (tertiary/aromatic N) is 1. The van der Waals surface area contributed by atoms with Crippen molar-refractivity contribution in [2.75, 3.05) is 31.5 Å². The van der Waals surface area contributed by atoms with Gasteiger partial charge in [-0.2, -0.15) is 0 Å². The van der Waals surface area contributed by atoms with E-state index in [1.807, 2.05) is 36.1 Å². The maximum absolute atomic E-state index is 12.4. The average molecular weight is 332 g/mol. The molecule has 4 N–H and O–H groups in total. The van der Waals surface area contributed by atoms with Gasteiger partial charge in [-0.3, -0.25) is 4.79 Å². The van der Waals surface area contributed by atoms with Gasteiger partial charge in [0.05, 0.1) is 6.42 Å². The fraction of sp³-hybridized carbons (Fsp3) is 0.556. The van der Waals surface area contributed by atoms with Gasteiger partial charge in [-0.25, -0.2) is 4.79 Å². The molecule has 1 saturated heterocycles. The quantitative estimate of drug-likeness (QED) is 0.744. The van der Waals surface area contributed by atoms with E-state index < -0.39 is 0 Å². The molecule has 1 unspecified atom stereocenters. The molecule has 2 rings (SSSR count). The first-order valence-electron chi connectivity index (χ1n) is 8.57. The molecule has 1 aliphatic heterocycles. The third-order valence-electron chi connectivity index (χ3n) is 4.51. The zero-order chi connectivity index (χ0) is 17.6. The van der Waals surface area contributed by atoms with Gasteiger partial charge >= 0.3 is 6.03 Å².